The van der Waals surface area contributed by atoms with Crippen LogP contribution in [0.1, 0.15) is 22.9 Å². The van der Waals surface area contributed by atoms with Gasteiger partial charge in [0.1, 0.15) is 11.9 Å². The van der Waals surface area contributed by atoms with Gasteiger partial charge in [0.15, 0.2) is 0 Å². The average Bonchev–Trinajstić information content (AvgIpc) is 2.55. The number of benzene rings is 1. The first-order valence-electron chi connectivity index (χ1n) is 7.80. The highest BCUT2D eigenvalue weighted by atomic mass is 16.5. The normalized spacial score (nSPS) is 17.8. The van der Waals surface area contributed by atoms with E-state index < -0.39 is 0 Å². The zero-order chi connectivity index (χ0) is 16.2. The molecule has 1 unspecified atom stereocenters. The third-order valence-corrected chi connectivity index (χ3v) is 4.01. The SMILES string of the molecule is Cc1cccc(NC(=O)N2CCOC(c3ccccc3C)C2)n1. The number of pyridine rings is 1. The standard InChI is InChI=1S/C18H21N3O2/c1-13-6-3-4-8-15(13)16-12-21(10-11-23-16)18(22)20-17-9-5-7-14(2)19-17/h3-9,16H,10-12H2,1-2H3,(H,19,20,22). The second kappa shape index (κ2) is 6.79. The van der Waals surface area contributed by atoms with Gasteiger partial charge < -0.3 is 9.64 Å². The molecule has 1 aliphatic rings. The quantitative estimate of drug-likeness (QED) is 0.926. The molecule has 5 heteroatoms. The molecule has 2 heterocycles. The summed E-state index contributed by atoms with van der Waals surface area (Å²) in [6, 6.07) is 13.6. The van der Waals surface area contributed by atoms with Crippen molar-refractivity contribution in [3.8, 4) is 0 Å². The Morgan fingerprint density at radius 3 is 2.83 bits per heavy atom. The third-order valence-electron chi connectivity index (χ3n) is 4.01. The van der Waals surface area contributed by atoms with Crippen LogP contribution in [0.2, 0.25) is 0 Å². The lowest BCUT2D eigenvalue weighted by Crippen LogP contribution is -2.44. The van der Waals surface area contributed by atoms with Crippen LogP contribution in [0.5, 0.6) is 0 Å². The molecule has 0 bridgehead atoms. The molecule has 2 aromatic rings. The molecule has 120 valence electrons. The predicted molar refractivity (Wildman–Crippen MR) is 89.4 cm³/mol. The molecule has 0 aliphatic carbocycles. The number of aromatic nitrogens is 1. The minimum atomic E-state index is -0.134. The van der Waals surface area contributed by atoms with Crippen LogP contribution < -0.4 is 5.32 Å². The van der Waals surface area contributed by atoms with E-state index in [9.17, 15) is 4.79 Å². The second-order valence-electron chi connectivity index (χ2n) is 5.76. The lowest BCUT2D eigenvalue weighted by Gasteiger charge is -2.33. The molecule has 1 saturated heterocycles. The fourth-order valence-electron chi connectivity index (χ4n) is 2.77. The number of hydrogen-bond acceptors (Lipinski definition) is 3. The van der Waals surface area contributed by atoms with Gasteiger partial charge in [-0.05, 0) is 37.1 Å². The van der Waals surface area contributed by atoms with Crippen molar-refractivity contribution in [3.63, 3.8) is 0 Å². The Balaban J connectivity index is 1.68. The van der Waals surface area contributed by atoms with Crippen molar-refractivity contribution in [1.82, 2.24) is 9.88 Å². The largest absolute Gasteiger partial charge is 0.370 e. The molecule has 0 radical (unpaired) electrons. The molecule has 1 aromatic heterocycles. The number of morpholine rings is 1. The molecular formula is C18H21N3O2. The third kappa shape index (κ3) is 3.68. The number of carbonyl (C=O) groups is 1. The number of nitrogens with zero attached hydrogens (tertiary/aromatic N) is 2. The monoisotopic (exact) mass is 311 g/mol. The number of ether oxygens (including phenoxy) is 1. The van der Waals surface area contributed by atoms with Crippen molar-refractivity contribution in [3.05, 3.63) is 59.3 Å². The minimum absolute atomic E-state index is 0.0823. The van der Waals surface area contributed by atoms with Crippen LogP contribution in [0.3, 0.4) is 0 Å². The van der Waals surface area contributed by atoms with Crippen LogP contribution in [0, 0.1) is 13.8 Å². The summed E-state index contributed by atoms with van der Waals surface area (Å²) in [5.74, 6) is 0.578. The highest BCUT2D eigenvalue weighted by molar-refractivity contribution is 5.88. The van der Waals surface area contributed by atoms with E-state index in [1.807, 2.05) is 31.2 Å². The topological polar surface area (TPSA) is 54.5 Å². The van der Waals surface area contributed by atoms with E-state index in [0.717, 1.165) is 11.3 Å². The number of carbonyl (C=O) groups excluding carboxylic acids is 1. The van der Waals surface area contributed by atoms with Crippen molar-refractivity contribution < 1.29 is 9.53 Å². The number of hydrogen-bond donors (Lipinski definition) is 1. The zero-order valence-electron chi connectivity index (χ0n) is 13.5. The highest BCUT2D eigenvalue weighted by Crippen LogP contribution is 2.25. The average molecular weight is 311 g/mol. The van der Waals surface area contributed by atoms with Crippen molar-refractivity contribution >= 4 is 11.8 Å². The first-order valence-corrected chi connectivity index (χ1v) is 7.80. The molecule has 1 aromatic carbocycles. The number of anilines is 1. The zero-order valence-corrected chi connectivity index (χ0v) is 13.5. The molecule has 0 spiro atoms. The molecule has 5 nitrogen and oxygen atoms in total. The van der Waals surface area contributed by atoms with Crippen molar-refractivity contribution in [2.24, 2.45) is 0 Å². The Bertz CT molecular complexity index is 702. The van der Waals surface area contributed by atoms with E-state index in [-0.39, 0.29) is 12.1 Å². The van der Waals surface area contributed by atoms with Gasteiger partial charge >= 0.3 is 6.03 Å². The van der Waals surface area contributed by atoms with Crippen molar-refractivity contribution in [1.29, 1.82) is 0 Å². The molecule has 1 atom stereocenters. The van der Waals surface area contributed by atoms with Crippen molar-refractivity contribution in [2.75, 3.05) is 25.0 Å². The molecule has 23 heavy (non-hydrogen) atoms. The number of nitrogens with one attached hydrogen (secondary N) is 1. The van der Waals surface area contributed by atoms with Gasteiger partial charge in [0, 0.05) is 12.2 Å². The van der Waals surface area contributed by atoms with E-state index in [1.165, 1.54) is 5.56 Å². The summed E-state index contributed by atoms with van der Waals surface area (Å²) < 4.78 is 5.86. The second-order valence-corrected chi connectivity index (χ2v) is 5.76. The molecule has 3 rings (SSSR count). The summed E-state index contributed by atoms with van der Waals surface area (Å²) in [4.78, 5) is 18.6. The number of amides is 2. The van der Waals surface area contributed by atoms with Crippen molar-refractivity contribution in [2.45, 2.75) is 20.0 Å². The number of aryl methyl sites for hydroxylation is 2. The summed E-state index contributed by atoms with van der Waals surface area (Å²) in [5, 5.41) is 2.86. The maximum absolute atomic E-state index is 12.5. The minimum Gasteiger partial charge on any atom is -0.370 e. The van der Waals surface area contributed by atoms with Gasteiger partial charge in [-0.25, -0.2) is 9.78 Å². The van der Waals surface area contributed by atoms with Crippen LogP contribution in [0.4, 0.5) is 10.6 Å². The predicted octanol–water partition coefficient (Wildman–Crippen LogP) is 3.30. The molecule has 2 amide bonds. The van der Waals surface area contributed by atoms with E-state index in [4.69, 9.17) is 4.74 Å². The van der Waals surface area contributed by atoms with E-state index >= 15 is 0 Å². The van der Waals surface area contributed by atoms with Gasteiger partial charge in [-0.1, -0.05) is 30.3 Å². The Morgan fingerprint density at radius 2 is 2.04 bits per heavy atom. The molecule has 1 aliphatic heterocycles. The summed E-state index contributed by atoms with van der Waals surface area (Å²) >= 11 is 0. The Morgan fingerprint density at radius 1 is 1.22 bits per heavy atom. The first kappa shape index (κ1) is 15.5. The fraction of sp³-hybridized carbons (Fsp3) is 0.333. The first-order chi connectivity index (χ1) is 11.1. The highest BCUT2D eigenvalue weighted by Gasteiger charge is 2.26. The summed E-state index contributed by atoms with van der Waals surface area (Å²) in [7, 11) is 0. The Kier molecular flexibility index (Phi) is 4.57. The van der Waals surface area contributed by atoms with Gasteiger partial charge in [0.25, 0.3) is 0 Å². The fourth-order valence-corrected chi connectivity index (χ4v) is 2.77. The Hall–Kier alpha value is -2.40. The van der Waals surface area contributed by atoms with E-state index in [2.05, 4.69) is 29.4 Å². The van der Waals surface area contributed by atoms with Gasteiger partial charge in [0.05, 0.1) is 13.2 Å². The summed E-state index contributed by atoms with van der Waals surface area (Å²) in [5.41, 5.74) is 3.20. The van der Waals surface area contributed by atoms with Gasteiger partial charge in [-0.3, -0.25) is 5.32 Å². The van der Waals surface area contributed by atoms with E-state index in [1.54, 1.807) is 11.0 Å². The number of rotatable bonds is 2. The maximum Gasteiger partial charge on any atom is 0.323 e. The van der Waals surface area contributed by atoms with Crippen LogP contribution in [-0.2, 0) is 4.74 Å². The Labute approximate surface area is 136 Å². The van der Waals surface area contributed by atoms with Crippen LogP contribution in [0.25, 0.3) is 0 Å². The van der Waals surface area contributed by atoms with E-state index in [0.29, 0.717) is 25.5 Å². The molecule has 1 fully saturated rings. The maximum atomic E-state index is 12.5. The molecule has 0 saturated carbocycles. The summed E-state index contributed by atoms with van der Waals surface area (Å²) in [6.07, 6.45) is -0.0823. The van der Waals surface area contributed by atoms with Crippen LogP contribution >= 0.6 is 0 Å². The summed E-state index contributed by atoms with van der Waals surface area (Å²) in [6.45, 7) is 5.63. The smallest absolute Gasteiger partial charge is 0.323 e. The molecular weight excluding hydrogens is 290 g/mol. The van der Waals surface area contributed by atoms with Gasteiger partial charge in [-0.15, -0.1) is 0 Å². The van der Waals surface area contributed by atoms with Gasteiger partial charge in [0.2, 0.25) is 0 Å². The van der Waals surface area contributed by atoms with Crippen LogP contribution in [-0.4, -0.2) is 35.6 Å². The number of urea groups is 1. The van der Waals surface area contributed by atoms with Gasteiger partial charge in [-0.2, -0.15) is 0 Å². The lowest BCUT2D eigenvalue weighted by molar-refractivity contribution is -0.0138. The lowest BCUT2D eigenvalue weighted by atomic mass is 10.0. The molecule has 1 N–H and O–H groups in total. The van der Waals surface area contributed by atoms with Crippen LogP contribution in [0.15, 0.2) is 42.5 Å².